The minimum absolute atomic E-state index is 0.00466. The van der Waals surface area contributed by atoms with E-state index >= 15 is 0 Å². The first-order valence-electron chi connectivity index (χ1n) is 8.48. The van der Waals surface area contributed by atoms with Crippen molar-refractivity contribution in [2.75, 3.05) is 6.61 Å². The van der Waals surface area contributed by atoms with Crippen LogP contribution in [0.25, 0.3) is 22.6 Å². The molecule has 29 heavy (non-hydrogen) atoms. The van der Waals surface area contributed by atoms with Gasteiger partial charge in [0.25, 0.3) is 5.56 Å². The number of benzene rings is 1. The molecule has 4 rings (SSSR count). The second-order valence-electron chi connectivity index (χ2n) is 6.52. The van der Waals surface area contributed by atoms with Crippen LogP contribution in [0.15, 0.2) is 35.4 Å². The molecular weight excluding hydrogens is 397 g/mol. The van der Waals surface area contributed by atoms with Gasteiger partial charge in [-0.3, -0.25) is 9.36 Å². The van der Waals surface area contributed by atoms with Gasteiger partial charge in [0, 0.05) is 5.56 Å². The van der Waals surface area contributed by atoms with Crippen LogP contribution in [0.2, 0.25) is 0 Å². The summed E-state index contributed by atoms with van der Waals surface area (Å²) in [5.41, 5.74) is -1.83. The minimum atomic E-state index is -4.61. The van der Waals surface area contributed by atoms with E-state index in [1.54, 1.807) is 0 Å². The molecule has 4 unspecified atom stereocenters. The Labute approximate surface area is 160 Å². The Hall–Kier alpha value is -2.80. The number of hydrogen-bond donors (Lipinski definition) is 4. The van der Waals surface area contributed by atoms with E-state index in [4.69, 9.17) is 4.74 Å². The maximum absolute atomic E-state index is 13.1. The molecule has 3 heterocycles. The molecule has 1 aliphatic heterocycles. The highest BCUT2D eigenvalue weighted by Crippen LogP contribution is 2.37. The van der Waals surface area contributed by atoms with Crippen LogP contribution in [0.4, 0.5) is 13.2 Å². The number of aliphatic hydroxyl groups excluding tert-OH is 3. The molecule has 0 saturated carbocycles. The monoisotopic (exact) mass is 412 g/mol. The summed E-state index contributed by atoms with van der Waals surface area (Å²) in [6, 6.07) is 4.25. The molecule has 4 N–H and O–H groups in total. The maximum atomic E-state index is 13.1. The number of aromatic nitrogens is 4. The summed E-state index contributed by atoms with van der Waals surface area (Å²) < 4.78 is 46.1. The number of ether oxygens (including phenoxy) is 1. The fourth-order valence-corrected chi connectivity index (χ4v) is 3.29. The third-order valence-corrected chi connectivity index (χ3v) is 4.70. The van der Waals surface area contributed by atoms with E-state index in [9.17, 15) is 33.3 Å². The highest BCUT2D eigenvalue weighted by molar-refractivity contribution is 5.76. The van der Waals surface area contributed by atoms with E-state index in [1.807, 2.05) is 0 Å². The number of alkyl halides is 3. The Bertz CT molecular complexity index is 1110. The molecule has 0 aliphatic carbocycles. The number of hydrogen-bond acceptors (Lipinski definition) is 7. The molecule has 4 atom stereocenters. The van der Waals surface area contributed by atoms with Crippen LogP contribution in [-0.4, -0.2) is 59.8 Å². The Kier molecular flexibility index (Phi) is 4.65. The molecule has 2 aromatic heterocycles. The van der Waals surface area contributed by atoms with Crippen molar-refractivity contribution in [2.24, 2.45) is 0 Å². The van der Waals surface area contributed by atoms with Gasteiger partial charge in [0.15, 0.2) is 17.4 Å². The number of nitrogens with one attached hydrogen (secondary N) is 1. The van der Waals surface area contributed by atoms with Gasteiger partial charge < -0.3 is 25.0 Å². The van der Waals surface area contributed by atoms with Gasteiger partial charge in [-0.1, -0.05) is 12.1 Å². The quantitative estimate of drug-likeness (QED) is 0.490. The van der Waals surface area contributed by atoms with E-state index < -0.39 is 48.4 Å². The zero-order valence-corrected chi connectivity index (χ0v) is 14.5. The summed E-state index contributed by atoms with van der Waals surface area (Å²) in [4.78, 5) is 22.6. The molecule has 1 saturated heterocycles. The van der Waals surface area contributed by atoms with Crippen LogP contribution >= 0.6 is 0 Å². The third-order valence-electron chi connectivity index (χ3n) is 4.70. The zero-order chi connectivity index (χ0) is 20.9. The summed E-state index contributed by atoms with van der Waals surface area (Å²) in [5, 5.41) is 29.8. The molecule has 0 radical (unpaired) electrons. The average Bonchev–Trinajstić information content (AvgIpc) is 3.20. The number of aromatic amines is 1. The first-order chi connectivity index (χ1) is 13.7. The number of nitrogens with zero attached hydrogens (tertiary/aromatic N) is 3. The van der Waals surface area contributed by atoms with E-state index in [0.717, 1.165) is 23.0 Å². The first-order valence-corrected chi connectivity index (χ1v) is 8.48. The largest absolute Gasteiger partial charge is 0.416 e. The van der Waals surface area contributed by atoms with Gasteiger partial charge in [0.1, 0.15) is 24.1 Å². The lowest BCUT2D eigenvalue weighted by Crippen LogP contribution is -2.33. The van der Waals surface area contributed by atoms with Crippen LogP contribution < -0.4 is 5.56 Å². The average molecular weight is 412 g/mol. The molecule has 1 fully saturated rings. The number of H-pyrrole nitrogens is 1. The highest BCUT2D eigenvalue weighted by atomic mass is 19.4. The molecule has 0 amide bonds. The second kappa shape index (κ2) is 6.91. The predicted molar refractivity (Wildman–Crippen MR) is 91.6 cm³/mol. The van der Waals surface area contributed by atoms with Gasteiger partial charge in [-0.25, -0.2) is 9.97 Å². The third kappa shape index (κ3) is 3.19. The standard InChI is InChI=1S/C17H15F3N4O5/c18-17(19,20)8-3-1-2-7(4-8)13-23-10-14(21-6-22-15(10)28)24(13)16-12(27)11(26)9(5-25)29-16/h1-4,6,9,11-12,16,25-27H,5H2,(H,21,22,28). The normalized spacial score (nSPS) is 25.0. The fourth-order valence-electron chi connectivity index (χ4n) is 3.29. The molecule has 1 aliphatic rings. The number of aliphatic hydroxyl groups is 3. The van der Waals surface area contributed by atoms with Gasteiger partial charge in [-0.2, -0.15) is 13.2 Å². The lowest BCUT2D eigenvalue weighted by Gasteiger charge is -2.19. The highest BCUT2D eigenvalue weighted by Gasteiger charge is 2.45. The Morgan fingerprint density at radius 3 is 2.66 bits per heavy atom. The molecule has 154 valence electrons. The van der Waals surface area contributed by atoms with E-state index in [2.05, 4.69) is 15.0 Å². The number of fused-ring (bicyclic) bond motifs is 1. The van der Waals surface area contributed by atoms with Crippen molar-refractivity contribution in [3.8, 4) is 11.4 Å². The number of halogens is 3. The van der Waals surface area contributed by atoms with E-state index in [-0.39, 0.29) is 22.6 Å². The van der Waals surface area contributed by atoms with Crippen molar-refractivity contribution in [1.82, 2.24) is 19.5 Å². The molecule has 0 bridgehead atoms. The molecule has 3 aromatic rings. The first kappa shape index (κ1) is 19.5. The molecule has 1 aromatic carbocycles. The summed E-state index contributed by atoms with van der Waals surface area (Å²) in [5.74, 6) is -0.120. The van der Waals surface area contributed by atoms with Gasteiger partial charge in [0.05, 0.1) is 18.5 Å². The van der Waals surface area contributed by atoms with Gasteiger partial charge in [-0.05, 0) is 12.1 Å². The Morgan fingerprint density at radius 1 is 1.24 bits per heavy atom. The van der Waals surface area contributed by atoms with Crippen molar-refractivity contribution < 1.29 is 33.2 Å². The topological polar surface area (TPSA) is 133 Å². The van der Waals surface area contributed by atoms with Crippen LogP contribution in [0, 0.1) is 0 Å². The fraction of sp³-hybridized carbons (Fsp3) is 0.353. The lowest BCUT2D eigenvalue weighted by molar-refractivity contribution is -0.137. The molecule has 12 heteroatoms. The maximum Gasteiger partial charge on any atom is 0.416 e. The van der Waals surface area contributed by atoms with Crippen molar-refractivity contribution >= 4 is 11.2 Å². The number of rotatable bonds is 3. The summed E-state index contributed by atoms with van der Waals surface area (Å²) in [6.45, 7) is -0.603. The van der Waals surface area contributed by atoms with Crippen molar-refractivity contribution in [3.05, 3.63) is 46.5 Å². The summed E-state index contributed by atoms with van der Waals surface area (Å²) >= 11 is 0. The Balaban J connectivity index is 1.95. The van der Waals surface area contributed by atoms with Crippen LogP contribution in [0.1, 0.15) is 11.8 Å². The molecule has 9 nitrogen and oxygen atoms in total. The lowest BCUT2D eigenvalue weighted by atomic mass is 10.1. The Morgan fingerprint density at radius 2 is 2.00 bits per heavy atom. The smallest absolute Gasteiger partial charge is 0.394 e. The van der Waals surface area contributed by atoms with Gasteiger partial charge in [0.2, 0.25) is 0 Å². The molecule has 0 spiro atoms. The van der Waals surface area contributed by atoms with Crippen LogP contribution in [0.3, 0.4) is 0 Å². The summed E-state index contributed by atoms with van der Waals surface area (Å²) in [6.07, 6.45) is -9.02. The summed E-state index contributed by atoms with van der Waals surface area (Å²) in [7, 11) is 0. The minimum Gasteiger partial charge on any atom is -0.394 e. The van der Waals surface area contributed by atoms with Gasteiger partial charge >= 0.3 is 6.18 Å². The van der Waals surface area contributed by atoms with E-state index in [1.165, 1.54) is 12.1 Å². The second-order valence-corrected chi connectivity index (χ2v) is 6.52. The SMILES string of the molecule is O=c1[nH]cnc2c1nc(-c1cccc(C(F)(F)F)c1)n2C1OC(CO)C(O)C1O. The van der Waals surface area contributed by atoms with Gasteiger partial charge in [-0.15, -0.1) is 0 Å². The predicted octanol–water partition coefficient (Wildman–Crippen LogP) is 0.417. The van der Waals surface area contributed by atoms with Crippen molar-refractivity contribution in [1.29, 1.82) is 0 Å². The van der Waals surface area contributed by atoms with Crippen molar-refractivity contribution in [3.63, 3.8) is 0 Å². The van der Waals surface area contributed by atoms with E-state index in [0.29, 0.717) is 0 Å². The number of imidazole rings is 1. The molecular formula is C17H15F3N4O5. The van der Waals surface area contributed by atoms with Crippen LogP contribution in [-0.2, 0) is 10.9 Å². The van der Waals surface area contributed by atoms with Crippen LogP contribution in [0.5, 0.6) is 0 Å². The zero-order valence-electron chi connectivity index (χ0n) is 14.5. The van der Waals surface area contributed by atoms with Crippen molar-refractivity contribution in [2.45, 2.75) is 30.7 Å².